The zero-order valence-corrected chi connectivity index (χ0v) is 17.4. The molecule has 0 saturated heterocycles. The fraction of sp³-hybridized carbons (Fsp3) is 0.227. The average Bonchev–Trinajstić information content (AvgIpc) is 3.34. The van der Waals surface area contributed by atoms with Gasteiger partial charge in [-0.05, 0) is 35.9 Å². The molecule has 1 aliphatic rings. The Morgan fingerprint density at radius 1 is 1.07 bits per heavy atom. The molecule has 7 heteroatoms. The molecule has 150 valence electrons. The molecule has 0 N–H and O–H groups in total. The maximum atomic E-state index is 6.26. The van der Waals surface area contributed by atoms with Gasteiger partial charge >= 0.3 is 0 Å². The zero-order valence-electron chi connectivity index (χ0n) is 16.7. The summed E-state index contributed by atoms with van der Waals surface area (Å²) in [5.74, 6) is 1.59. The first-order valence-electron chi connectivity index (χ1n) is 9.30. The lowest BCUT2D eigenvalue weighted by Gasteiger charge is -2.29. The molecule has 0 aliphatic carbocycles. The van der Waals surface area contributed by atoms with Crippen LogP contribution in [-0.2, 0) is 13.6 Å². The van der Waals surface area contributed by atoms with E-state index >= 15 is 0 Å². The number of halogens is 1. The monoisotopic (exact) mass is 410 g/mol. The highest BCUT2D eigenvalue weighted by Gasteiger charge is 2.25. The van der Waals surface area contributed by atoms with Crippen molar-refractivity contribution in [3.63, 3.8) is 0 Å². The minimum absolute atomic E-state index is 0.643. The Kier molecular flexibility index (Phi) is 5.47. The second-order valence-corrected chi connectivity index (χ2v) is 7.24. The normalized spacial score (nSPS) is 13.9. The smallest absolute Gasteiger partial charge is 0.128 e. The quantitative estimate of drug-likeness (QED) is 0.598. The SMILES string of the molecule is COc1ccc(CN2CC=CN2c2cn(C)nc2-c2cc(Cl)ccc2OC)cc1. The lowest BCUT2D eigenvalue weighted by Crippen LogP contribution is -2.34. The lowest BCUT2D eigenvalue weighted by molar-refractivity contribution is 0.314. The van der Waals surface area contributed by atoms with E-state index in [0.29, 0.717) is 5.02 Å². The molecule has 0 saturated carbocycles. The summed E-state index contributed by atoms with van der Waals surface area (Å²) in [6.07, 6.45) is 6.21. The second-order valence-electron chi connectivity index (χ2n) is 6.81. The van der Waals surface area contributed by atoms with Crippen LogP contribution in [-0.4, -0.2) is 35.6 Å². The number of hydrogen-bond acceptors (Lipinski definition) is 5. The lowest BCUT2D eigenvalue weighted by atomic mass is 10.1. The largest absolute Gasteiger partial charge is 0.497 e. The summed E-state index contributed by atoms with van der Waals surface area (Å²) in [5, 5.41) is 9.72. The molecule has 0 atom stereocenters. The summed E-state index contributed by atoms with van der Waals surface area (Å²) in [7, 11) is 5.24. The Balaban J connectivity index is 1.67. The van der Waals surface area contributed by atoms with Gasteiger partial charge in [-0.2, -0.15) is 5.10 Å². The van der Waals surface area contributed by atoms with E-state index in [1.165, 1.54) is 5.56 Å². The van der Waals surface area contributed by atoms with Crippen LogP contribution in [0.4, 0.5) is 5.69 Å². The molecule has 1 aromatic heterocycles. The van der Waals surface area contributed by atoms with Crippen molar-refractivity contribution in [3.8, 4) is 22.8 Å². The highest BCUT2D eigenvalue weighted by Crippen LogP contribution is 2.38. The summed E-state index contributed by atoms with van der Waals surface area (Å²) in [4.78, 5) is 0. The van der Waals surface area contributed by atoms with Crippen molar-refractivity contribution in [1.82, 2.24) is 14.8 Å². The predicted octanol–water partition coefficient (Wildman–Crippen LogP) is 4.51. The molecule has 0 spiro atoms. The van der Waals surface area contributed by atoms with E-state index in [0.717, 1.165) is 41.5 Å². The number of hydrazine groups is 1. The molecule has 29 heavy (non-hydrogen) atoms. The fourth-order valence-electron chi connectivity index (χ4n) is 3.47. The molecule has 1 aliphatic heterocycles. The van der Waals surface area contributed by atoms with Crippen molar-refractivity contribution in [2.45, 2.75) is 6.54 Å². The van der Waals surface area contributed by atoms with Crippen LogP contribution in [0.1, 0.15) is 5.56 Å². The Morgan fingerprint density at radius 2 is 1.86 bits per heavy atom. The summed E-state index contributed by atoms with van der Waals surface area (Å²) in [5.41, 5.74) is 3.85. The molecule has 0 bridgehead atoms. The number of aromatic nitrogens is 2. The van der Waals surface area contributed by atoms with Gasteiger partial charge in [-0.25, -0.2) is 5.01 Å². The van der Waals surface area contributed by atoms with Crippen LogP contribution >= 0.6 is 11.6 Å². The van der Waals surface area contributed by atoms with E-state index in [2.05, 4.69) is 34.4 Å². The maximum absolute atomic E-state index is 6.26. The van der Waals surface area contributed by atoms with E-state index < -0.39 is 0 Å². The third-order valence-corrected chi connectivity index (χ3v) is 5.10. The van der Waals surface area contributed by atoms with Gasteiger partial charge in [0.1, 0.15) is 22.9 Å². The van der Waals surface area contributed by atoms with Crippen molar-refractivity contribution >= 4 is 17.3 Å². The van der Waals surface area contributed by atoms with Gasteiger partial charge in [0.2, 0.25) is 0 Å². The second kappa shape index (κ2) is 8.19. The Hall–Kier alpha value is -2.96. The molecule has 6 nitrogen and oxygen atoms in total. The first-order valence-corrected chi connectivity index (χ1v) is 9.68. The molecule has 0 fully saturated rings. The molecule has 0 radical (unpaired) electrons. The number of benzene rings is 2. The Morgan fingerprint density at radius 3 is 2.59 bits per heavy atom. The third-order valence-electron chi connectivity index (χ3n) is 4.86. The minimum Gasteiger partial charge on any atom is -0.497 e. The van der Waals surface area contributed by atoms with Gasteiger partial charge in [0.05, 0.1) is 20.4 Å². The first kappa shape index (κ1) is 19.4. The van der Waals surface area contributed by atoms with Crippen molar-refractivity contribution in [2.75, 3.05) is 25.8 Å². The van der Waals surface area contributed by atoms with Gasteiger partial charge in [0.15, 0.2) is 0 Å². The number of nitrogens with zero attached hydrogens (tertiary/aromatic N) is 4. The van der Waals surface area contributed by atoms with Crippen LogP contribution in [0.5, 0.6) is 11.5 Å². The van der Waals surface area contributed by atoms with Crippen molar-refractivity contribution < 1.29 is 9.47 Å². The number of ether oxygens (including phenoxy) is 2. The third kappa shape index (κ3) is 3.95. The van der Waals surface area contributed by atoms with E-state index in [9.17, 15) is 0 Å². The van der Waals surface area contributed by atoms with Crippen molar-refractivity contribution in [2.24, 2.45) is 7.05 Å². The maximum Gasteiger partial charge on any atom is 0.128 e. The molecular formula is C22H23ClN4O2. The summed E-state index contributed by atoms with van der Waals surface area (Å²) >= 11 is 6.26. The standard InChI is InChI=1S/C22H23ClN4O2/c1-25-15-20(22(24-25)19-13-17(23)7-10-21(19)29-3)27-12-4-11-26(27)14-16-5-8-18(28-2)9-6-16/h4-10,12-13,15H,11,14H2,1-3H3. The number of rotatable bonds is 6. The highest BCUT2D eigenvalue weighted by atomic mass is 35.5. The van der Waals surface area contributed by atoms with E-state index in [-0.39, 0.29) is 0 Å². The summed E-state index contributed by atoms with van der Waals surface area (Å²) in [6.45, 7) is 1.57. The Labute approximate surface area is 175 Å². The van der Waals surface area contributed by atoms with Gasteiger partial charge in [-0.3, -0.25) is 9.69 Å². The van der Waals surface area contributed by atoms with Crippen LogP contribution in [0.2, 0.25) is 5.02 Å². The molecule has 2 aromatic carbocycles. The molecule has 0 unspecified atom stereocenters. The average molecular weight is 411 g/mol. The minimum atomic E-state index is 0.643. The first-order chi connectivity index (χ1) is 14.1. The predicted molar refractivity (Wildman–Crippen MR) is 115 cm³/mol. The van der Waals surface area contributed by atoms with E-state index in [1.807, 2.05) is 48.3 Å². The van der Waals surface area contributed by atoms with Gasteiger partial charge in [0, 0.05) is 36.9 Å². The number of aryl methyl sites for hydroxylation is 1. The number of hydrogen-bond donors (Lipinski definition) is 0. The fourth-order valence-corrected chi connectivity index (χ4v) is 3.64. The van der Waals surface area contributed by atoms with Crippen LogP contribution in [0.3, 0.4) is 0 Å². The zero-order chi connectivity index (χ0) is 20.4. The Bertz CT molecular complexity index is 1030. The topological polar surface area (TPSA) is 42.8 Å². The number of anilines is 1. The van der Waals surface area contributed by atoms with Crippen LogP contribution in [0.25, 0.3) is 11.3 Å². The van der Waals surface area contributed by atoms with Gasteiger partial charge in [-0.15, -0.1) is 0 Å². The van der Waals surface area contributed by atoms with Gasteiger partial charge < -0.3 is 9.47 Å². The van der Waals surface area contributed by atoms with Crippen LogP contribution in [0, 0.1) is 0 Å². The summed E-state index contributed by atoms with van der Waals surface area (Å²) in [6, 6.07) is 13.7. The molecule has 2 heterocycles. The van der Waals surface area contributed by atoms with Gasteiger partial charge in [0.25, 0.3) is 0 Å². The summed E-state index contributed by atoms with van der Waals surface area (Å²) < 4.78 is 12.6. The van der Waals surface area contributed by atoms with Crippen molar-refractivity contribution in [3.05, 3.63) is 71.5 Å². The molecular weight excluding hydrogens is 388 g/mol. The molecule has 4 rings (SSSR count). The van der Waals surface area contributed by atoms with Crippen molar-refractivity contribution in [1.29, 1.82) is 0 Å². The number of methoxy groups -OCH3 is 2. The van der Waals surface area contributed by atoms with E-state index in [4.69, 9.17) is 26.2 Å². The highest BCUT2D eigenvalue weighted by molar-refractivity contribution is 6.31. The van der Waals surface area contributed by atoms with Crippen LogP contribution < -0.4 is 14.5 Å². The molecule has 0 amide bonds. The van der Waals surface area contributed by atoms with Crippen LogP contribution in [0.15, 0.2) is 60.9 Å². The van der Waals surface area contributed by atoms with E-state index in [1.54, 1.807) is 14.2 Å². The molecule has 3 aromatic rings. The van der Waals surface area contributed by atoms with Gasteiger partial charge in [-0.1, -0.05) is 29.8 Å².